The van der Waals surface area contributed by atoms with Gasteiger partial charge in [0.15, 0.2) is 6.61 Å². The molecule has 2 rings (SSSR count). The number of pyridine rings is 1. The van der Waals surface area contributed by atoms with Crippen LogP contribution in [0.1, 0.15) is 47.8 Å². The third-order valence-corrected chi connectivity index (χ3v) is 4.77. The standard InChI is InChI=1S/C19H19BrN2O4/c1-4-11(2)22-18(24)15(9-21)12(3)17(19(22)25)16(23)10-26-14-7-5-13(20)6-8-14/h5-8,11,25H,4,10H2,1-3H3. The fraction of sp³-hybridized carbons (Fsp3) is 0.316. The Labute approximate surface area is 159 Å². The van der Waals surface area contributed by atoms with Crippen LogP contribution in [0.3, 0.4) is 0 Å². The van der Waals surface area contributed by atoms with E-state index in [0.717, 1.165) is 9.04 Å². The number of aromatic nitrogens is 1. The van der Waals surface area contributed by atoms with Crippen molar-refractivity contribution in [2.45, 2.75) is 33.2 Å². The Kier molecular flexibility index (Phi) is 6.22. The summed E-state index contributed by atoms with van der Waals surface area (Å²) < 4.78 is 7.44. The Morgan fingerprint density at radius 3 is 2.54 bits per heavy atom. The first kappa shape index (κ1) is 19.7. The average Bonchev–Trinajstić information content (AvgIpc) is 2.61. The van der Waals surface area contributed by atoms with E-state index in [1.165, 1.54) is 6.92 Å². The van der Waals surface area contributed by atoms with Crippen LogP contribution in [0.15, 0.2) is 33.5 Å². The van der Waals surface area contributed by atoms with Gasteiger partial charge in [0.1, 0.15) is 17.4 Å². The largest absolute Gasteiger partial charge is 0.494 e. The summed E-state index contributed by atoms with van der Waals surface area (Å²) in [5.74, 6) is -0.434. The molecule has 1 heterocycles. The number of hydrogen-bond acceptors (Lipinski definition) is 5. The van der Waals surface area contributed by atoms with E-state index in [2.05, 4.69) is 15.9 Å². The van der Waals surface area contributed by atoms with Crippen molar-refractivity contribution in [3.05, 3.63) is 55.8 Å². The highest BCUT2D eigenvalue weighted by atomic mass is 79.9. The van der Waals surface area contributed by atoms with Crippen LogP contribution >= 0.6 is 15.9 Å². The molecule has 1 N–H and O–H groups in total. The molecular weight excluding hydrogens is 400 g/mol. The normalized spacial score (nSPS) is 11.7. The second kappa shape index (κ2) is 8.19. The summed E-state index contributed by atoms with van der Waals surface area (Å²) in [7, 11) is 0. The lowest BCUT2D eigenvalue weighted by Crippen LogP contribution is -2.29. The molecule has 0 aliphatic carbocycles. The van der Waals surface area contributed by atoms with E-state index in [-0.39, 0.29) is 29.3 Å². The third-order valence-electron chi connectivity index (χ3n) is 4.24. The number of nitriles is 1. The van der Waals surface area contributed by atoms with Crippen LogP contribution in [-0.2, 0) is 0 Å². The molecule has 0 radical (unpaired) electrons. The number of hydrogen-bond donors (Lipinski definition) is 1. The van der Waals surface area contributed by atoms with E-state index in [0.29, 0.717) is 12.2 Å². The zero-order valence-electron chi connectivity index (χ0n) is 14.7. The number of carbonyl (C=O) groups excluding carboxylic acids is 1. The average molecular weight is 419 g/mol. The Balaban J connectivity index is 2.44. The van der Waals surface area contributed by atoms with Crippen LogP contribution in [0, 0.1) is 18.3 Å². The molecule has 0 aliphatic rings. The van der Waals surface area contributed by atoms with Gasteiger partial charge in [0.25, 0.3) is 5.56 Å². The molecular formula is C19H19BrN2O4. The number of aromatic hydroxyl groups is 1. The SMILES string of the molecule is CCC(C)n1c(O)c(C(=O)COc2ccc(Br)cc2)c(C)c(C#N)c1=O. The van der Waals surface area contributed by atoms with Gasteiger partial charge in [0.05, 0.1) is 5.56 Å². The van der Waals surface area contributed by atoms with Crippen LogP contribution in [0.5, 0.6) is 11.6 Å². The number of benzene rings is 1. The van der Waals surface area contributed by atoms with E-state index in [4.69, 9.17) is 4.74 Å². The molecule has 1 aromatic heterocycles. The molecule has 0 bridgehead atoms. The van der Waals surface area contributed by atoms with Gasteiger partial charge in [0, 0.05) is 10.5 Å². The zero-order valence-corrected chi connectivity index (χ0v) is 16.3. The molecule has 0 saturated carbocycles. The van der Waals surface area contributed by atoms with Crippen LogP contribution in [0.25, 0.3) is 0 Å². The van der Waals surface area contributed by atoms with Gasteiger partial charge < -0.3 is 9.84 Å². The Morgan fingerprint density at radius 1 is 1.38 bits per heavy atom. The first-order chi connectivity index (χ1) is 12.3. The predicted molar refractivity (Wildman–Crippen MR) is 101 cm³/mol. The van der Waals surface area contributed by atoms with Gasteiger partial charge in [-0.05, 0) is 50.1 Å². The van der Waals surface area contributed by atoms with Gasteiger partial charge in [-0.2, -0.15) is 5.26 Å². The number of nitrogens with zero attached hydrogens (tertiary/aromatic N) is 2. The minimum absolute atomic E-state index is 0.0569. The molecule has 0 fully saturated rings. The molecule has 0 aliphatic heterocycles. The molecule has 0 saturated heterocycles. The lowest BCUT2D eigenvalue weighted by atomic mass is 10.0. The first-order valence-electron chi connectivity index (χ1n) is 8.11. The van der Waals surface area contributed by atoms with E-state index < -0.39 is 17.2 Å². The molecule has 0 spiro atoms. The van der Waals surface area contributed by atoms with Gasteiger partial charge in [-0.3, -0.25) is 14.2 Å². The van der Waals surface area contributed by atoms with Crippen molar-refractivity contribution in [2.24, 2.45) is 0 Å². The van der Waals surface area contributed by atoms with Crippen molar-refractivity contribution in [1.82, 2.24) is 4.57 Å². The Hall–Kier alpha value is -2.59. The van der Waals surface area contributed by atoms with Crippen LogP contribution in [-0.4, -0.2) is 22.1 Å². The number of ether oxygens (including phenoxy) is 1. The van der Waals surface area contributed by atoms with E-state index in [1.54, 1.807) is 31.2 Å². The maximum Gasteiger partial charge on any atom is 0.271 e. The number of ketones is 1. The van der Waals surface area contributed by atoms with Crippen LogP contribution in [0.4, 0.5) is 0 Å². The molecule has 26 heavy (non-hydrogen) atoms. The smallest absolute Gasteiger partial charge is 0.271 e. The van der Waals surface area contributed by atoms with E-state index >= 15 is 0 Å². The number of halogens is 1. The van der Waals surface area contributed by atoms with Crippen LogP contribution in [0.2, 0.25) is 0 Å². The number of rotatable bonds is 6. The van der Waals surface area contributed by atoms with Gasteiger partial charge in [0.2, 0.25) is 11.7 Å². The topological polar surface area (TPSA) is 92.3 Å². The summed E-state index contributed by atoms with van der Waals surface area (Å²) in [5.41, 5.74) is -0.630. The fourth-order valence-electron chi connectivity index (χ4n) is 2.60. The molecule has 1 unspecified atom stereocenters. The first-order valence-corrected chi connectivity index (χ1v) is 8.90. The lowest BCUT2D eigenvalue weighted by Gasteiger charge is -2.19. The van der Waals surface area contributed by atoms with Crippen LogP contribution < -0.4 is 10.3 Å². The highest BCUT2D eigenvalue weighted by molar-refractivity contribution is 9.10. The highest BCUT2D eigenvalue weighted by Gasteiger charge is 2.25. The summed E-state index contributed by atoms with van der Waals surface area (Å²) in [4.78, 5) is 25.1. The molecule has 136 valence electrons. The Morgan fingerprint density at radius 2 is 2.00 bits per heavy atom. The molecule has 0 amide bonds. The van der Waals surface area contributed by atoms with Crippen molar-refractivity contribution in [1.29, 1.82) is 5.26 Å². The van der Waals surface area contributed by atoms with Gasteiger partial charge in [-0.1, -0.05) is 22.9 Å². The molecule has 7 heteroatoms. The summed E-state index contributed by atoms with van der Waals surface area (Å²) in [5, 5.41) is 19.9. The van der Waals surface area contributed by atoms with E-state index in [9.17, 15) is 20.0 Å². The number of Topliss-reactive ketones (excluding diaryl/α,β-unsaturated/α-hetero) is 1. The minimum Gasteiger partial charge on any atom is -0.494 e. The highest BCUT2D eigenvalue weighted by Crippen LogP contribution is 2.26. The minimum atomic E-state index is -0.595. The van der Waals surface area contributed by atoms with E-state index in [1.807, 2.05) is 13.0 Å². The number of carbonyl (C=O) groups is 1. The maximum absolute atomic E-state index is 12.7. The van der Waals surface area contributed by atoms with Gasteiger partial charge in [-0.25, -0.2) is 0 Å². The van der Waals surface area contributed by atoms with Gasteiger partial charge >= 0.3 is 0 Å². The molecule has 1 atom stereocenters. The van der Waals surface area contributed by atoms with Crippen molar-refractivity contribution in [3.8, 4) is 17.7 Å². The van der Waals surface area contributed by atoms with Crippen molar-refractivity contribution in [3.63, 3.8) is 0 Å². The maximum atomic E-state index is 12.7. The summed E-state index contributed by atoms with van der Waals surface area (Å²) in [6, 6.07) is 8.44. The lowest BCUT2D eigenvalue weighted by molar-refractivity contribution is 0.0916. The monoisotopic (exact) mass is 418 g/mol. The van der Waals surface area contributed by atoms with Crippen molar-refractivity contribution >= 4 is 21.7 Å². The summed E-state index contributed by atoms with van der Waals surface area (Å²) >= 11 is 3.31. The fourth-order valence-corrected chi connectivity index (χ4v) is 2.86. The summed E-state index contributed by atoms with van der Waals surface area (Å²) in [6.07, 6.45) is 0.560. The van der Waals surface area contributed by atoms with Crippen molar-refractivity contribution < 1.29 is 14.6 Å². The second-order valence-electron chi connectivity index (χ2n) is 5.91. The van der Waals surface area contributed by atoms with Gasteiger partial charge in [-0.15, -0.1) is 0 Å². The summed E-state index contributed by atoms with van der Waals surface area (Å²) in [6.45, 7) is 4.75. The molecule has 6 nitrogen and oxygen atoms in total. The predicted octanol–water partition coefficient (Wildman–Crippen LogP) is 3.73. The quantitative estimate of drug-likeness (QED) is 0.721. The van der Waals surface area contributed by atoms with Crippen molar-refractivity contribution in [2.75, 3.05) is 6.61 Å². The second-order valence-corrected chi connectivity index (χ2v) is 6.82. The Bertz CT molecular complexity index is 927. The third kappa shape index (κ3) is 3.81. The molecule has 1 aromatic carbocycles. The zero-order chi connectivity index (χ0) is 19.4. The molecule has 2 aromatic rings.